The minimum atomic E-state index is -0.872. The van der Waals surface area contributed by atoms with Gasteiger partial charge in [0.25, 0.3) is 0 Å². The van der Waals surface area contributed by atoms with E-state index in [4.69, 9.17) is 14.2 Å². The number of ether oxygens (including phenoxy) is 3. The molecule has 0 saturated heterocycles. The van der Waals surface area contributed by atoms with Crippen molar-refractivity contribution in [2.45, 2.75) is 349 Å². The molecule has 1 aromatic rings. The van der Waals surface area contributed by atoms with Crippen molar-refractivity contribution in [2.24, 2.45) is 0 Å². The summed E-state index contributed by atoms with van der Waals surface area (Å²) in [4.78, 5) is 78.8. The molecule has 438 valence electrons. The van der Waals surface area contributed by atoms with Crippen LogP contribution in [0, 0.1) is 0 Å². The molecule has 1 heterocycles. The van der Waals surface area contributed by atoms with Crippen LogP contribution in [0.2, 0.25) is 0 Å². The maximum absolute atomic E-state index is 13.6. The van der Waals surface area contributed by atoms with Crippen molar-refractivity contribution in [3.05, 3.63) is 31.5 Å². The molecule has 0 saturated carbocycles. The third-order valence-electron chi connectivity index (χ3n) is 15.1. The lowest BCUT2D eigenvalue weighted by atomic mass is 10.0. The van der Waals surface area contributed by atoms with Gasteiger partial charge in [0.05, 0.1) is 19.6 Å². The van der Waals surface area contributed by atoms with E-state index in [1.807, 2.05) is 0 Å². The highest BCUT2D eigenvalue weighted by Gasteiger charge is 2.18. The standard InChI is InChI=1S/C63H117N3O9/c1-4-7-10-13-16-19-22-25-28-31-34-37-40-43-46-49-58(67)73-55-52-64-61(70)65(53-56-74-59(68)50-47-44-41-38-35-32-29-26-23-20-17-14-11-8-5-2)63(72)66(62(64)71)54-57-75-60(69)51-48-45-42-39-36-33-30-27-24-21-18-15-12-9-6-3/h4-57H2,1-3H3. The molecule has 0 aliphatic heterocycles. The molecular weight excluding hydrogens is 943 g/mol. The zero-order valence-electron chi connectivity index (χ0n) is 49.2. The van der Waals surface area contributed by atoms with Crippen LogP contribution in [0.1, 0.15) is 329 Å². The van der Waals surface area contributed by atoms with Crippen molar-refractivity contribution in [3.8, 4) is 0 Å². The fourth-order valence-corrected chi connectivity index (χ4v) is 10.1. The van der Waals surface area contributed by atoms with Crippen molar-refractivity contribution in [1.29, 1.82) is 0 Å². The summed E-state index contributed by atoms with van der Waals surface area (Å²) in [6, 6.07) is 0. The molecule has 12 heteroatoms. The van der Waals surface area contributed by atoms with Gasteiger partial charge in [-0.05, 0) is 19.3 Å². The fourth-order valence-electron chi connectivity index (χ4n) is 10.1. The fraction of sp³-hybridized carbons (Fsp3) is 0.905. The van der Waals surface area contributed by atoms with E-state index in [1.54, 1.807) is 0 Å². The molecule has 0 N–H and O–H groups in total. The second-order valence-electron chi connectivity index (χ2n) is 22.1. The molecule has 0 bridgehead atoms. The largest absolute Gasteiger partial charge is 0.464 e. The van der Waals surface area contributed by atoms with E-state index in [2.05, 4.69) is 20.8 Å². The van der Waals surface area contributed by atoms with Crippen LogP contribution in [0.3, 0.4) is 0 Å². The van der Waals surface area contributed by atoms with Crippen molar-refractivity contribution in [1.82, 2.24) is 13.7 Å². The molecule has 0 aromatic carbocycles. The van der Waals surface area contributed by atoms with Gasteiger partial charge in [0.15, 0.2) is 0 Å². The molecule has 0 fully saturated rings. The summed E-state index contributed by atoms with van der Waals surface area (Å²) >= 11 is 0. The van der Waals surface area contributed by atoms with Gasteiger partial charge >= 0.3 is 35.0 Å². The van der Waals surface area contributed by atoms with Crippen LogP contribution in [-0.2, 0) is 48.2 Å². The van der Waals surface area contributed by atoms with E-state index in [1.165, 1.54) is 212 Å². The van der Waals surface area contributed by atoms with Gasteiger partial charge in [0.1, 0.15) is 19.8 Å². The summed E-state index contributed by atoms with van der Waals surface area (Å²) in [6.45, 7) is 5.38. The second kappa shape index (κ2) is 52.9. The number of carbonyl (C=O) groups is 3. The molecule has 1 aromatic heterocycles. The van der Waals surface area contributed by atoms with Gasteiger partial charge in [-0.3, -0.25) is 14.4 Å². The Labute approximate surface area is 458 Å². The first-order valence-electron chi connectivity index (χ1n) is 32.2. The Morgan fingerprint density at radius 3 is 0.560 bits per heavy atom. The Hall–Kier alpha value is -3.18. The molecule has 0 aliphatic carbocycles. The quantitative estimate of drug-likeness (QED) is 0.0353. The third-order valence-corrected chi connectivity index (χ3v) is 15.1. The molecule has 0 radical (unpaired) electrons. The Bertz CT molecular complexity index is 1450. The molecule has 0 spiro atoms. The van der Waals surface area contributed by atoms with E-state index in [9.17, 15) is 28.8 Å². The maximum Gasteiger partial charge on any atom is 0.336 e. The van der Waals surface area contributed by atoms with Crippen molar-refractivity contribution < 1.29 is 28.6 Å². The molecule has 1 rings (SSSR count). The van der Waals surface area contributed by atoms with Crippen LogP contribution in [0.15, 0.2) is 14.4 Å². The lowest BCUT2D eigenvalue weighted by molar-refractivity contribution is -0.144. The van der Waals surface area contributed by atoms with Gasteiger partial charge in [-0.1, -0.05) is 290 Å². The highest BCUT2D eigenvalue weighted by atomic mass is 16.5. The summed E-state index contributed by atoms with van der Waals surface area (Å²) in [7, 11) is 0. The van der Waals surface area contributed by atoms with Crippen LogP contribution in [0.5, 0.6) is 0 Å². The minimum absolute atomic E-state index is 0.215. The number of hydrogen-bond donors (Lipinski definition) is 0. The zero-order chi connectivity index (χ0) is 54.5. The SMILES string of the molecule is CCCCCCCCCCCCCCCCCC(=O)OCCn1c(=O)n(CCOC(=O)CCCCCCCCCCCCCCCCC)c(=O)n(CCOC(=O)CCCCCCCCCCCCCCCCC)c1=O. The number of hydrogen-bond acceptors (Lipinski definition) is 9. The smallest absolute Gasteiger partial charge is 0.336 e. The predicted molar refractivity (Wildman–Crippen MR) is 311 cm³/mol. The van der Waals surface area contributed by atoms with Gasteiger partial charge in [-0.25, -0.2) is 28.1 Å². The number of nitrogens with zero attached hydrogens (tertiary/aromatic N) is 3. The first-order chi connectivity index (χ1) is 36.8. The van der Waals surface area contributed by atoms with Gasteiger partial charge in [0.2, 0.25) is 0 Å². The summed E-state index contributed by atoms with van der Waals surface area (Å²) in [5.41, 5.74) is -2.62. The second-order valence-corrected chi connectivity index (χ2v) is 22.1. The number of unbranched alkanes of at least 4 members (excludes halogenated alkanes) is 42. The average Bonchev–Trinajstić information content (AvgIpc) is 3.40. The predicted octanol–water partition coefficient (Wildman–Crippen LogP) is 16.6. The zero-order valence-corrected chi connectivity index (χ0v) is 49.2. The van der Waals surface area contributed by atoms with Crippen LogP contribution in [0.4, 0.5) is 0 Å². The molecule has 0 atom stereocenters. The van der Waals surface area contributed by atoms with Crippen LogP contribution in [0.25, 0.3) is 0 Å². The minimum Gasteiger partial charge on any atom is -0.464 e. The first kappa shape index (κ1) is 69.8. The summed E-state index contributed by atoms with van der Waals surface area (Å²) in [5, 5.41) is 0. The summed E-state index contributed by atoms with van der Waals surface area (Å²) in [6.07, 6.45) is 56.2. The van der Waals surface area contributed by atoms with Crippen molar-refractivity contribution >= 4 is 17.9 Å². The normalized spacial score (nSPS) is 11.4. The Morgan fingerprint density at radius 1 is 0.253 bits per heavy atom. The lowest BCUT2D eigenvalue weighted by Gasteiger charge is -2.14. The highest BCUT2D eigenvalue weighted by molar-refractivity contribution is 5.69. The molecule has 0 unspecified atom stereocenters. The molecule has 12 nitrogen and oxygen atoms in total. The van der Waals surface area contributed by atoms with Gasteiger partial charge in [0, 0.05) is 19.3 Å². The van der Waals surface area contributed by atoms with E-state index in [0.717, 1.165) is 71.5 Å². The Morgan fingerprint density at radius 2 is 0.400 bits per heavy atom. The van der Waals surface area contributed by atoms with E-state index in [-0.39, 0.29) is 58.7 Å². The molecule has 0 amide bonds. The third kappa shape index (κ3) is 41.6. The monoisotopic (exact) mass is 1060 g/mol. The topological polar surface area (TPSA) is 145 Å². The number of esters is 3. The van der Waals surface area contributed by atoms with Crippen molar-refractivity contribution in [3.63, 3.8) is 0 Å². The van der Waals surface area contributed by atoms with E-state index in [0.29, 0.717) is 19.3 Å². The molecular formula is C63H117N3O9. The summed E-state index contributed by atoms with van der Waals surface area (Å²) < 4.78 is 19.0. The van der Waals surface area contributed by atoms with Crippen LogP contribution in [-0.4, -0.2) is 51.4 Å². The molecule has 75 heavy (non-hydrogen) atoms. The number of carbonyl (C=O) groups excluding carboxylic acids is 3. The number of aromatic nitrogens is 3. The average molecular weight is 1060 g/mol. The van der Waals surface area contributed by atoms with E-state index >= 15 is 0 Å². The summed E-state index contributed by atoms with van der Waals surface area (Å²) in [5.74, 6) is -1.19. The highest BCUT2D eigenvalue weighted by Crippen LogP contribution is 2.17. The Balaban J connectivity index is 2.57. The van der Waals surface area contributed by atoms with Gasteiger partial charge in [-0.15, -0.1) is 0 Å². The van der Waals surface area contributed by atoms with Gasteiger partial charge in [-0.2, -0.15) is 0 Å². The molecule has 0 aliphatic rings. The van der Waals surface area contributed by atoms with Crippen molar-refractivity contribution in [2.75, 3.05) is 19.8 Å². The van der Waals surface area contributed by atoms with Crippen LogP contribution >= 0.6 is 0 Å². The maximum atomic E-state index is 13.6. The number of rotatable bonds is 57. The van der Waals surface area contributed by atoms with E-state index < -0.39 is 35.0 Å². The first-order valence-corrected chi connectivity index (χ1v) is 32.2. The van der Waals surface area contributed by atoms with Crippen LogP contribution < -0.4 is 17.1 Å². The Kier molecular flexibility index (Phi) is 49.2. The van der Waals surface area contributed by atoms with Gasteiger partial charge < -0.3 is 14.2 Å². The lowest BCUT2D eigenvalue weighted by Crippen LogP contribution is -2.55.